The van der Waals surface area contributed by atoms with Gasteiger partial charge in [0.2, 0.25) is 0 Å². The maximum Gasteiger partial charge on any atom is 0.107 e. The number of nitrogens with zero attached hydrogens (tertiary/aromatic N) is 5. The molecule has 4 heterocycles. The number of aryl methyl sites for hydroxylation is 2. The zero-order chi connectivity index (χ0) is 22.1. The van der Waals surface area contributed by atoms with Gasteiger partial charge in [0, 0.05) is 60.1 Å². The minimum absolute atomic E-state index is 0.103. The van der Waals surface area contributed by atoms with E-state index in [0.717, 1.165) is 32.9 Å². The van der Waals surface area contributed by atoms with Gasteiger partial charge in [0.1, 0.15) is 5.01 Å². The van der Waals surface area contributed by atoms with E-state index < -0.39 is 0 Å². The molecule has 0 radical (unpaired) electrons. The average Bonchev–Trinajstić information content (AvgIpc) is 3.52. The summed E-state index contributed by atoms with van der Waals surface area (Å²) >= 11 is 1.71. The Morgan fingerprint density at radius 1 is 1.03 bits per heavy atom. The van der Waals surface area contributed by atoms with Gasteiger partial charge in [0.15, 0.2) is 0 Å². The van der Waals surface area contributed by atoms with Crippen LogP contribution >= 0.6 is 11.3 Å². The first-order valence-corrected chi connectivity index (χ1v) is 11.4. The second-order valence-electron chi connectivity index (χ2n) is 7.80. The summed E-state index contributed by atoms with van der Waals surface area (Å²) in [5, 5.41) is 13.4. The van der Waals surface area contributed by atoms with Gasteiger partial charge >= 0.3 is 0 Å². The van der Waals surface area contributed by atoms with Crippen LogP contribution in [0, 0.1) is 6.92 Å². The third-order valence-corrected chi connectivity index (χ3v) is 6.56. The summed E-state index contributed by atoms with van der Waals surface area (Å²) in [6, 6.07) is 14.6. The molecule has 3 N–H and O–H groups in total. The van der Waals surface area contributed by atoms with Crippen molar-refractivity contribution in [1.29, 1.82) is 0 Å². The van der Waals surface area contributed by atoms with Gasteiger partial charge in [-0.1, -0.05) is 36.4 Å². The summed E-state index contributed by atoms with van der Waals surface area (Å²) in [4.78, 5) is 6.11. The SMILES string of the molecule is Cc1sc(CNC(CN)c2ccccc2)nc1-c1cnn2cc(-c3cnn(C)c3)ccc12. The fourth-order valence-corrected chi connectivity index (χ4v) is 4.82. The zero-order valence-electron chi connectivity index (χ0n) is 18.1. The molecular formula is C24H25N7S. The molecule has 0 bridgehead atoms. The predicted octanol–water partition coefficient (Wildman–Crippen LogP) is 3.96. The summed E-state index contributed by atoms with van der Waals surface area (Å²) in [7, 11) is 1.92. The second-order valence-corrected chi connectivity index (χ2v) is 9.09. The smallest absolute Gasteiger partial charge is 0.107 e. The first kappa shape index (κ1) is 20.6. The van der Waals surface area contributed by atoms with E-state index in [-0.39, 0.29) is 6.04 Å². The van der Waals surface area contributed by atoms with Crippen molar-refractivity contribution in [2.24, 2.45) is 12.8 Å². The highest BCUT2D eigenvalue weighted by Crippen LogP contribution is 2.32. The van der Waals surface area contributed by atoms with E-state index in [9.17, 15) is 0 Å². The van der Waals surface area contributed by atoms with E-state index in [2.05, 4.69) is 46.7 Å². The number of hydrogen-bond donors (Lipinski definition) is 2. The molecule has 1 atom stereocenters. The Morgan fingerprint density at radius 3 is 2.62 bits per heavy atom. The number of fused-ring (bicyclic) bond motifs is 1. The third kappa shape index (κ3) is 3.95. The molecule has 7 nitrogen and oxygen atoms in total. The van der Waals surface area contributed by atoms with Gasteiger partial charge in [-0.15, -0.1) is 11.3 Å². The highest BCUT2D eigenvalue weighted by molar-refractivity contribution is 7.12. The summed E-state index contributed by atoms with van der Waals surface area (Å²) < 4.78 is 3.71. The van der Waals surface area contributed by atoms with Crippen LogP contribution in [0.1, 0.15) is 21.5 Å². The van der Waals surface area contributed by atoms with Crippen molar-refractivity contribution in [3.63, 3.8) is 0 Å². The Labute approximate surface area is 190 Å². The summed E-state index contributed by atoms with van der Waals surface area (Å²) in [5.74, 6) is 0. The third-order valence-electron chi connectivity index (χ3n) is 5.59. The Morgan fingerprint density at radius 2 is 1.88 bits per heavy atom. The van der Waals surface area contributed by atoms with Crippen molar-refractivity contribution >= 4 is 16.9 Å². The largest absolute Gasteiger partial charge is 0.329 e. The lowest BCUT2D eigenvalue weighted by Gasteiger charge is -2.16. The number of aromatic nitrogens is 5. The molecule has 1 aromatic carbocycles. The van der Waals surface area contributed by atoms with Gasteiger partial charge in [-0.2, -0.15) is 10.2 Å². The van der Waals surface area contributed by atoms with Gasteiger partial charge < -0.3 is 11.1 Å². The molecule has 0 aliphatic rings. The molecule has 162 valence electrons. The quantitative estimate of drug-likeness (QED) is 0.398. The Bertz CT molecular complexity index is 1350. The molecular weight excluding hydrogens is 418 g/mol. The molecule has 8 heteroatoms. The Kier molecular flexibility index (Phi) is 5.57. The van der Waals surface area contributed by atoms with Crippen LogP contribution in [-0.4, -0.2) is 30.9 Å². The molecule has 0 fully saturated rings. The minimum Gasteiger partial charge on any atom is -0.329 e. The Balaban J connectivity index is 1.38. The predicted molar refractivity (Wildman–Crippen MR) is 128 cm³/mol. The molecule has 0 aliphatic carbocycles. The molecule has 1 unspecified atom stereocenters. The van der Waals surface area contributed by atoms with Crippen LogP contribution in [0.2, 0.25) is 0 Å². The highest BCUT2D eigenvalue weighted by atomic mass is 32.1. The summed E-state index contributed by atoms with van der Waals surface area (Å²) in [5.41, 5.74) is 12.4. The lowest BCUT2D eigenvalue weighted by Crippen LogP contribution is -2.27. The van der Waals surface area contributed by atoms with E-state index in [0.29, 0.717) is 13.1 Å². The molecule has 4 aromatic heterocycles. The van der Waals surface area contributed by atoms with Crippen molar-refractivity contribution in [1.82, 2.24) is 29.7 Å². The molecule has 0 aliphatic heterocycles. The van der Waals surface area contributed by atoms with Crippen molar-refractivity contribution in [3.8, 4) is 22.4 Å². The molecule has 5 rings (SSSR count). The zero-order valence-corrected chi connectivity index (χ0v) is 18.9. The summed E-state index contributed by atoms with van der Waals surface area (Å²) in [6.07, 6.45) is 7.79. The minimum atomic E-state index is 0.103. The van der Waals surface area contributed by atoms with Crippen LogP contribution in [0.5, 0.6) is 0 Å². The number of pyridine rings is 1. The van der Waals surface area contributed by atoms with E-state index >= 15 is 0 Å². The molecule has 0 amide bonds. The summed E-state index contributed by atoms with van der Waals surface area (Å²) in [6.45, 7) is 3.32. The number of thiazole rings is 1. The van der Waals surface area contributed by atoms with E-state index in [4.69, 9.17) is 10.7 Å². The average molecular weight is 444 g/mol. The van der Waals surface area contributed by atoms with Crippen LogP contribution in [0.15, 0.2) is 67.3 Å². The second kappa shape index (κ2) is 8.66. The molecule has 5 aromatic rings. The normalized spacial score (nSPS) is 12.5. The molecule has 32 heavy (non-hydrogen) atoms. The molecule has 0 saturated carbocycles. The maximum atomic E-state index is 6.00. The van der Waals surface area contributed by atoms with Crippen LogP contribution < -0.4 is 11.1 Å². The Hall–Kier alpha value is -3.33. The maximum absolute atomic E-state index is 6.00. The molecule has 0 spiro atoms. The van der Waals surface area contributed by atoms with Gasteiger partial charge in [0.25, 0.3) is 0 Å². The van der Waals surface area contributed by atoms with E-state index in [1.165, 1.54) is 10.4 Å². The van der Waals surface area contributed by atoms with Gasteiger partial charge in [-0.3, -0.25) is 4.68 Å². The number of nitrogens with two attached hydrogens (primary N) is 1. The first-order valence-electron chi connectivity index (χ1n) is 10.5. The standard InChI is InChI=1S/C24H25N7S/c1-16-24(29-23(32-16)13-26-21(10-25)17-6-4-3-5-7-17)20-12-28-31-15-18(8-9-22(20)31)19-11-27-30(2)14-19/h3-9,11-12,14-15,21,26H,10,13,25H2,1-2H3. The number of benzene rings is 1. The van der Waals surface area contributed by atoms with E-state index in [1.807, 2.05) is 54.5 Å². The van der Waals surface area contributed by atoms with Crippen molar-refractivity contribution < 1.29 is 0 Å². The highest BCUT2D eigenvalue weighted by Gasteiger charge is 2.16. The fraction of sp³-hybridized carbons (Fsp3) is 0.208. The fourth-order valence-electron chi connectivity index (χ4n) is 3.92. The lowest BCUT2D eigenvalue weighted by molar-refractivity contribution is 0.541. The monoisotopic (exact) mass is 443 g/mol. The van der Waals surface area contributed by atoms with Crippen LogP contribution in [0.4, 0.5) is 0 Å². The van der Waals surface area contributed by atoms with E-state index in [1.54, 1.807) is 16.0 Å². The lowest BCUT2D eigenvalue weighted by atomic mass is 10.1. The van der Waals surface area contributed by atoms with Crippen molar-refractivity contribution in [2.75, 3.05) is 6.54 Å². The number of nitrogens with one attached hydrogen (secondary N) is 1. The topological polar surface area (TPSA) is 86.1 Å². The number of hydrogen-bond acceptors (Lipinski definition) is 6. The van der Waals surface area contributed by atoms with Gasteiger partial charge in [-0.05, 0) is 18.6 Å². The van der Waals surface area contributed by atoms with Crippen molar-refractivity contribution in [3.05, 3.63) is 82.7 Å². The van der Waals surface area contributed by atoms with Crippen LogP contribution in [-0.2, 0) is 13.6 Å². The molecule has 0 saturated heterocycles. The van der Waals surface area contributed by atoms with Crippen LogP contribution in [0.3, 0.4) is 0 Å². The first-order chi connectivity index (χ1) is 15.6. The van der Waals surface area contributed by atoms with Crippen molar-refractivity contribution in [2.45, 2.75) is 19.5 Å². The number of rotatable bonds is 7. The van der Waals surface area contributed by atoms with Crippen LogP contribution in [0.25, 0.3) is 27.9 Å². The van der Waals surface area contributed by atoms with Gasteiger partial charge in [0.05, 0.1) is 23.6 Å². The van der Waals surface area contributed by atoms with Gasteiger partial charge in [-0.25, -0.2) is 9.50 Å².